The fourth-order valence-corrected chi connectivity index (χ4v) is 2.07. The molecule has 0 saturated carbocycles. The number of aromatic nitrogens is 2. The average Bonchev–Trinajstić information content (AvgIpc) is 2.53. The summed E-state index contributed by atoms with van der Waals surface area (Å²) in [5, 5.41) is 4.73. The van der Waals surface area contributed by atoms with Gasteiger partial charge in [0.15, 0.2) is 0 Å². The van der Waals surface area contributed by atoms with Crippen molar-refractivity contribution in [3.8, 4) is 0 Å². The molecule has 4 nitrogen and oxygen atoms in total. The quantitative estimate of drug-likeness (QED) is 0.790. The van der Waals surface area contributed by atoms with Gasteiger partial charge in [-0.05, 0) is 17.5 Å². The predicted molar refractivity (Wildman–Crippen MR) is 77.2 cm³/mol. The van der Waals surface area contributed by atoms with Crippen LogP contribution >= 0.6 is 0 Å². The molecule has 98 valence electrons. The van der Waals surface area contributed by atoms with Crippen LogP contribution in [0.4, 0.5) is 0 Å². The zero-order valence-electron chi connectivity index (χ0n) is 10.8. The van der Waals surface area contributed by atoms with E-state index in [9.17, 15) is 4.79 Å². The lowest BCUT2D eigenvalue weighted by molar-refractivity contribution is 0.0952. The van der Waals surface area contributed by atoms with Crippen molar-refractivity contribution in [1.29, 1.82) is 0 Å². The largest absolute Gasteiger partial charge is 0.346 e. The number of rotatable bonds is 3. The lowest BCUT2D eigenvalue weighted by atomic mass is 10.1. The second-order valence-electron chi connectivity index (χ2n) is 4.41. The molecular formula is C16H13N3O. The zero-order chi connectivity index (χ0) is 13.8. The fourth-order valence-electron chi connectivity index (χ4n) is 2.07. The van der Waals surface area contributed by atoms with Crippen LogP contribution in [0.3, 0.4) is 0 Å². The molecule has 1 N–H and O–H groups in total. The van der Waals surface area contributed by atoms with Gasteiger partial charge in [0, 0.05) is 24.0 Å². The van der Waals surface area contributed by atoms with Crippen molar-refractivity contribution in [2.75, 3.05) is 0 Å². The van der Waals surface area contributed by atoms with E-state index < -0.39 is 0 Å². The Kier molecular flexibility index (Phi) is 3.37. The molecule has 0 bridgehead atoms. The van der Waals surface area contributed by atoms with Gasteiger partial charge in [0.05, 0.1) is 17.8 Å². The number of carbonyl (C=O) groups is 1. The van der Waals surface area contributed by atoms with Gasteiger partial charge in [-0.1, -0.05) is 30.3 Å². The highest BCUT2D eigenvalue weighted by Gasteiger charge is 2.09. The third-order valence-corrected chi connectivity index (χ3v) is 3.07. The number of benzene rings is 1. The van der Waals surface area contributed by atoms with Gasteiger partial charge in [-0.15, -0.1) is 0 Å². The summed E-state index contributed by atoms with van der Waals surface area (Å²) in [6.45, 7) is 0.406. The zero-order valence-corrected chi connectivity index (χ0v) is 10.8. The van der Waals surface area contributed by atoms with E-state index in [-0.39, 0.29) is 5.91 Å². The Hall–Kier alpha value is -2.75. The van der Waals surface area contributed by atoms with Crippen molar-refractivity contribution in [2.24, 2.45) is 0 Å². The Morgan fingerprint density at radius 1 is 1.05 bits per heavy atom. The first kappa shape index (κ1) is 12.3. The molecule has 0 atom stereocenters. The summed E-state index contributed by atoms with van der Waals surface area (Å²) >= 11 is 0. The summed E-state index contributed by atoms with van der Waals surface area (Å²) < 4.78 is 0. The second kappa shape index (κ2) is 5.48. The van der Waals surface area contributed by atoms with Crippen LogP contribution in [0, 0.1) is 0 Å². The minimum Gasteiger partial charge on any atom is -0.346 e. The molecule has 2 heterocycles. The number of nitrogens with zero attached hydrogens (tertiary/aromatic N) is 2. The maximum absolute atomic E-state index is 12.3. The smallest absolute Gasteiger partial charge is 0.253 e. The van der Waals surface area contributed by atoms with Crippen molar-refractivity contribution in [2.45, 2.75) is 6.54 Å². The number of carbonyl (C=O) groups excluding carboxylic acids is 1. The molecule has 0 spiro atoms. The molecule has 20 heavy (non-hydrogen) atoms. The molecule has 2 aromatic heterocycles. The summed E-state index contributed by atoms with van der Waals surface area (Å²) in [5.74, 6) is -0.139. The van der Waals surface area contributed by atoms with E-state index in [4.69, 9.17) is 0 Å². The van der Waals surface area contributed by atoms with E-state index in [1.54, 1.807) is 18.6 Å². The molecule has 0 saturated heterocycles. The summed E-state index contributed by atoms with van der Waals surface area (Å²) in [6, 6.07) is 13.3. The van der Waals surface area contributed by atoms with Crippen LogP contribution in [0.1, 0.15) is 16.1 Å². The highest BCUT2D eigenvalue weighted by molar-refractivity contribution is 6.06. The maximum atomic E-state index is 12.3. The number of hydrogen-bond acceptors (Lipinski definition) is 3. The minimum atomic E-state index is -0.139. The Bertz CT molecular complexity index is 736. The topological polar surface area (TPSA) is 54.9 Å². The van der Waals surface area contributed by atoms with Crippen molar-refractivity contribution >= 4 is 16.7 Å². The van der Waals surface area contributed by atoms with E-state index in [2.05, 4.69) is 15.3 Å². The highest BCUT2D eigenvalue weighted by atomic mass is 16.1. The fraction of sp³-hybridized carbons (Fsp3) is 0.0625. The molecule has 4 heteroatoms. The lowest BCUT2D eigenvalue weighted by Gasteiger charge is -2.07. The van der Waals surface area contributed by atoms with Crippen LogP contribution in [-0.4, -0.2) is 15.9 Å². The summed E-state index contributed by atoms with van der Waals surface area (Å²) in [7, 11) is 0. The van der Waals surface area contributed by atoms with Crippen molar-refractivity contribution < 1.29 is 4.79 Å². The number of fused-ring (bicyclic) bond motifs is 1. The number of hydrogen-bond donors (Lipinski definition) is 1. The van der Waals surface area contributed by atoms with E-state index >= 15 is 0 Å². The molecular weight excluding hydrogens is 250 g/mol. The van der Waals surface area contributed by atoms with Crippen LogP contribution in [-0.2, 0) is 6.54 Å². The van der Waals surface area contributed by atoms with Crippen LogP contribution in [0.15, 0.2) is 61.1 Å². The normalized spacial score (nSPS) is 10.4. The highest BCUT2D eigenvalue weighted by Crippen LogP contribution is 2.16. The Morgan fingerprint density at radius 2 is 1.90 bits per heavy atom. The Morgan fingerprint density at radius 3 is 2.75 bits per heavy atom. The average molecular weight is 263 g/mol. The third-order valence-electron chi connectivity index (χ3n) is 3.07. The summed E-state index contributed by atoms with van der Waals surface area (Å²) in [4.78, 5) is 20.5. The molecule has 0 unspecified atom stereocenters. The van der Waals surface area contributed by atoms with Gasteiger partial charge in [-0.2, -0.15) is 0 Å². The molecule has 0 aliphatic heterocycles. The van der Waals surface area contributed by atoms with E-state index in [1.807, 2.05) is 42.5 Å². The first-order chi connectivity index (χ1) is 9.84. The van der Waals surface area contributed by atoms with Gasteiger partial charge in [-0.25, -0.2) is 0 Å². The van der Waals surface area contributed by atoms with Crippen LogP contribution in [0.5, 0.6) is 0 Å². The van der Waals surface area contributed by atoms with Crippen molar-refractivity contribution in [1.82, 2.24) is 15.3 Å². The Balaban J connectivity index is 1.82. The maximum Gasteiger partial charge on any atom is 0.253 e. The molecule has 1 amide bonds. The molecule has 0 radical (unpaired) electrons. The molecule has 0 fully saturated rings. The van der Waals surface area contributed by atoms with Gasteiger partial charge in [0.25, 0.3) is 5.91 Å². The molecule has 3 aromatic rings. The standard InChI is InChI=1S/C16H13N3O/c20-16(19-10-13-6-3-4-8-18-13)15-11-17-9-12-5-1-2-7-14(12)15/h1-9,11H,10H2,(H,19,20). The SMILES string of the molecule is O=C(NCc1ccccn1)c1cncc2ccccc12. The molecule has 0 aliphatic carbocycles. The van der Waals surface area contributed by atoms with Crippen LogP contribution in [0.25, 0.3) is 10.8 Å². The predicted octanol–water partition coefficient (Wildman–Crippen LogP) is 2.56. The molecule has 1 aromatic carbocycles. The first-order valence-electron chi connectivity index (χ1n) is 6.35. The van der Waals surface area contributed by atoms with E-state index in [1.165, 1.54) is 0 Å². The van der Waals surface area contributed by atoms with Crippen LogP contribution < -0.4 is 5.32 Å². The van der Waals surface area contributed by atoms with E-state index in [0.717, 1.165) is 16.5 Å². The van der Waals surface area contributed by atoms with Gasteiger partial charge >= 0.3 is 0 Å². The number of nitrogens with one attached hydrogen (secondary N) is 1. The van der Waals surface area contributed by atoms with Gasteiger partial charge in [-0.3, -0.25) is 14.8 Å². The monoisotopic (exact) mass is 263 g/mol. The number of amides is 1. The summed E-state index contributed by atoms with van der Waals surface area (Å²) in [5.41, 5.74) is 1.41. The van der Waals surface area contributed by atoms with Crippen molar-refractivity contribution in [3.63, 3.8) is 0 Å². The minimum absolute atomic E-state index is 0.139. The first-order valence-corrected chi connectivity index (χ1v) is 6.35. The van der Waals surface area contributed by atoms with Gasteiger partial charge in [0.1, 0.15) is 0 Å². The van der Waals surface area contributed by atoms with Crippen LogP contribution in [0.2, 0.25) is 0 Å². The Labute approximate surface area is 116 Å². The summed E-state index contributed by atoms with van der Waals surface area (Å²) in [6.07, 6.45) is 5.06. The number of pyridine rings is 2. The van der Waals surface area contributed by atoms with Gasteiger partial charge in [0.2, 0.25) is 0 Å². The molecule has 0 aliphatic rings. The second-order valence-corrected chi connectivity index (χ2v) is 4.41. The molecule has 3 rings (SSSR count). The third kappa shape index (κ3) is 2.49. The van der Waals surface area contributed by atoms with Crippen molar-refractivity contribution in [3.05, 3.63) is 72.3 Å². The van der Waals surface area contributed by atoms with E-state index in [0.29, 0.717) is 12.1 Å². The lowest BCUT2D eigenvalue weighted by Crippen LogP contribution is -2.23. The van der Waals surface area contributed by atoms with Gasteiger partial charge < -0.3 is 5.32 Å².